The predicted molar refractivity (Wildman–Crippen MR) is 105 cm³/mol. The number of quaternary nitrogens is 1. The lowest BCUT2D eigenvalue weighted by Crippen LogP contribution is -2.68. The quantitative estimate of drug-likeness (QED) is 0.432. The molecule has 0 saturated heterocycles. The zero-order valence-corrected chi connectivity index (χ0v) is 17.6. The van der Waals surface area contributed by atoms with Crippen LogP contribution in [-0.2, 0) is 14.4 Å². The van der Waals surface area contributed by atoms with E-state index in [9.17, 15) is 19.5 Å². The summed E-state index contributed by atoms with van der Waals surface area (Å²) in [5, 5.41) is 16.8. The van der Waals surface area contributed by atoms with Gasteiger partial charge in [-0.3, -0.25) is 9.59 Å². The van der Waals surface area contributed by atoms with E-state index in [1.165, 1.54) is 0 Å². The number of nitrogens with one attached hydrogen (secondary N) is 2. The number of carboxylic acids is 1. The second-order valence-electron chi connectivity index (χ2n) is 7.95. The summed E-state index contributed by atoms with van der Waals surface area (Å²) in [6.07, 6.45) is 6.18. The Hall–Kier alpha value is -1.28. The third kappa shape index (κ3) is 8.97. The van der Waals surface area contributed by atoms with E-state index in [2.05, 4.69) is 30.2 Å². The monoisotopic (exact) mass is 401 g/mol. The molecule has 0 spiro atoms. The number of hydrogen-bond acceptors (Lipinski definition) is 5. The highest BCUT2D eigenvalue weighted by Gasteiger charge is 2.28. The van der Waals surface area contributed by atoms with Gasteiger partial charge in [-0.2, -0.15) is 11.8 Å². The standard InChI is InChI=1S/C19H35N3O4S/c1-12(2)10-15(20)18(24)21-11-13-4-6-14(7-5-13)17(23)22-16(19(25)26)8-9-27-3/h12-16H,4-11,20H2,1-3H3,(H,21,24)(H,22,23)(H,25,26)/t13?,14?,15-,16-/m1/s1. The highest BCUT2D eigenvalue weighted by molar-refractivity contribution is 7.98. The first kappa shape index (κ1) is 23.8. The van der Waals surface area contributed by atoms with Gasteiger partial charge in [0.2, 0.25) is 5.91 Å². The molecule has 156 valence electrons. The SMILES string of the molecule is CSCC[C@@H](NC(=O)C1CCC(CNC(=O)[C@H]([NH3+])CC(C)C)CC1)C(=O)[O-]. The van der Waals surface area contributed by atoms with Crippen molar-refractivity contribution < 1.29 is 25.2 Å². The lowest BCUT2D eigenvalue weighted by Gasteiger charge is -2.29. The Kier molecular flexibility index (Phi) is 10.8. The van der Waals surface area contributed by atoms with Crippen LogP contribution >= 0.6 is 11.8 Å². The number of carbonyl (C=O) groups is 3. The average Bonchev–Trinajstić information content (AvgIpc) is 2.62. The molecule has 0 bridgehead atoms. The first-order valence-electron chi connectivity index (χ1n) is 9.85. The van der Waals surface area contributed by atoms with E-state index in [0.29, 0.717) is 43.4 Å². The number of rotatable bonds is 11. The zero-order chi connectivity index (χ0) is 20.4. The second-order valence-corrected chi connectivity index (χ2v) is 8.94. The molecule has 8 heteroatoms. The molecule has 2 amide bonds. The topological polar surface area (TPSA) is 126 Å². The maximum atomic E-state index is 12.4. The van der Waals surface area contributed by atoms with E-state index < -0.39 is 12.0 Å². The van der Waals surface area contributed by atoms with Crippen LogP contribution in [0.1, 0.15) is 52.4 Å². The molecule has 1 aliphatic rings. The molecule has 0 aliphatic heterocycles. The number of thioether (sulfide) groups is 1. The van der Waals surface area contributed by atoms with Gasteiger partial charge >= 0.3 is 0 Å². The van der Waals surface area contributed by atoms with Crippen molar-refractivity contribution in [3.05, 3.63) is 0 Å². The molecule has 0 heterocycles. The molecule has 1 rings (SSSR count). The highest BCUT2D eigenvalue weighted by atomic mass is 32.2. The summed E-state index contributed by atoms with van der Waals surface area (Å²) < 4.78 is 0. The van der Waals surface area contributed by atoms with Crippen molar-refractivity contribution in [2.24, 2.45) is 17.8 Å². The van der Waals surface area contributed by atoms with Crippen LogP contribution in [0, 0.1) is 17.8 Å². The normalized spacial score (nSPS) is 22.1. The van der Waals surface area contributed by atoms with Gasteiger partial charge in [-0.05, 0) is 55.9 Å². The van der Waals surface area contributed by atoms with Crippen LogP contribution in [0.2, 0.25) is 0 Å². The summed E-state index contributed by atoms with van der Waals surface area (Å²) in [6, 6.07) is -1.15. The molecule has 1 fully saturated rings. The lowest BCUT2D eigenvalue weighted by molar-refractivity contribution is -0.406. The maximum absolute atomic E-state index is 12.4. The van der Waals surface area contributed by atoms with Crippen LogP contribution in [0.4, 0.5) is 0 Å². The van der Waals surface area contributed by atoms with Crippen molar-refractivity contribution in [2.45, 2.75) is 64.5 Å². The van der Waals surface area contributed by atoms with Crippen molar-refractivity contribution in [3.63, 3.8) is 0 Å². The number of aliphatic carboxylic acids is 1. The van der Waals surface area contributed by atoms with Gasteiger partial charge in [0, 0.05) is 18.9 Å². The minimum absolute atomic E-state index is 0.00541. The van der Waals surface area contributed by atoms with Gasteiger partial charge in [-0.15, -0.1) is 0 Å². The molecular weight excluding hydrogens is 366 g/mol. The van der Waals surface area contributed by atoms with E-state index >= 15 is 0 Å². The summed E-state index contributed by atoms with van der Waals surface area (Å²) >= 11 is 1.54. The third-order valence-electron chi connectivity index (χ3n) is 5.12. The molecule has 0 unspecified atom stereocenters. The number of carbonyl (C=O) groups excluding carboxylic acids is 3. The van der Waals surface area contributed by atoms with Gasteiger partial charge in [0.1, 0.15) is 0 Å². The molecule has 0 aromatic heterocycles. The second kappa shape index (κ2) is 12.2. The number of hydrogen-bond donors (Lipinski definition) is 3. The fourth-order valence-electron chi connectivity index (χ4n) is 3.47. The largest absolute Gasteiger partial charge is 0.548 e. The van der Waals surface area contributed by atoms with Crippen LogP contribution in [0.3, 0.4) is 0 Å². The molecule has 27 heavy (non-hydrogen) atoms. The average molecular weight is 402 g/mol. The Morgan fingerprint density at radius 2 is 1.81 bits per heavy atom. The molecule has 1 saturated carbocycles. The molecule has 0 radical (unpaired) electrons. The van der Waals surface area contributed by atoms with Gasteiger partial charge in [0.25, 0.3) is 5.91 Å². The Morgan fingerprint density at radius 1 is 1.19 bits per heavy atom. The van der Waals surface area contributed by atoms with Crippen LogP contribution in [0.5, 0.6) is 0 Å². The van der Waals surface area contributed by atoms with Crippen LogP contribution < -0.4 is 21.5 Å². The number of amides is 2. The summed E-state index contributed by atoms with van der Waals surface area (Å²) in [6.45, 7) is 4.76. The van der Waals surface area contributed by atoms with E-state index in [0.717, 1.165) is 19.3 Å². The van der Waals surface area contributed by atoms with Crippen LogP contribution in [0.25, 0.3) is 0 Å². The van der Waals surface area contributed by atoms with Crippen molar-refractivity contribution >= 4 is 29.5 Å². The summed E-state index contributed by atoms with van der Waals surface area (Å²) in [4.78, 5) is 35.6. The Labute approximate surface area is 166 Å². The molecule has 7 nitrogen and oxygen atoms in total. The first-order chi connectivity index (χ1) is 12.7. The van der Waals surface area contributed by atoms with Crippen molar-refractivity contribution in [2.75, 3.05) is 18.6 Å². The summed E-state index contributed by atoms with van der Waals surface area (Å²) in [5.74, 6) is -0.120. The van der Waals surface area contributed by atoms with Gasteiger partial charge in [0.05, 0.1) is 12.0 Å². The fraction of sp³-hybridized carbons (Fsp3) is 0.842. The summed E-state index contributed by atoms with van der Waals surface area (Å²) in [7, 11) is 0. The molecule has 0 aromatic rings. The maximum Gasteiger partial charge on any atom is 0.278 e. The van der Waals surface area contributed by atoms with Crippen molar-refractivity contribution in [3.8, 4) is 0 Å². The third-order valence-corrected chi connectivity index (χ3v) is 5.76. The van der Waals surface area contributed by atoms with Gasteiger partial charge < -0.3 is 26.3 Å². The highest BCUT2D eigenvalue weighted by Crippen LogP contribution is 2.28. The predicted octanol–water partition coefficient (Wildman–Crippen LogP) is -0.447. The molecular formula is C19H35N3O4S. The van der Waals surface area contributed by atoms with E-state index in [-0.39, 0.29) is 23.8 Å². The van der Waals surface area contributed by atoms with Crippen LogP contribution in [0.15, 0.2) is 0 Å². The smallest absolute Gasteiger partial charge is 0.278 e. The fourth-order valence-corrected chi connectivity index (χ4v) is 3.94. The molecule has 2 atom stereocenters. The molecule has 5 N–H and O–H groups in total. The molecule has 0 aromatic carbocycles. The van der Waals surface area contributed by atoms with Crippen molar-refractivity contribution in [1.82, 2.24) is 10.6 Å². The Balaban J connectivity index is 2.35. The minimum Gasteiger partial charge on any atom is -0.548 e. The zero-order valence-electron chi connectivity index (χ0n) is 16.8. The summed E-state index contributed by atoms with van der Waals surface area (Å²) in [5.41, 5.74) is 3.92. The van der Waals surface area contributed by atoms with Crippen molar-refractivity contribution in [1.29, 1.82) is 0 Å². The van der Waals surface area contributed by atoms with Gasteiger partial charge in [0.15, 0.2) is 6.04 Å². The number of carboxylic acid groups (broad SMARTS) is 1. The minimum atomic E-state index is -1.22. The van der Waals surface area contributed by atoms with Gasteiger partial charge in [-0.25, -0.2) is 0 Å². The van der Waals surface area contributed by atoms with Crippen LogP contribution in [-0.4, -0.2) is 48.4 Å². The van der Waals surface area contributed by atoms with E-state index in [1.807, 2.05) is 6.26 Å². The molecule has 1 aliphatic carbocycles. The first-order valence-corrected chi connectivity index (χ1v) is 11.2. The van der Waals surface area contributed by atoms with E-state index in [1.54, 1.807) is 11.8 Å². The van der Waals surface area contributed by atoms with Gasteiger partial charge in [-0.1, -0.05) is 13.8 Å². The van der Waals surface area contributed by atoms with E-state index in [4.69, 9.17) is 0 Å². The Morgan fingerprint density at radius 3 is 2.33 bits per heavy atom. The Bertz CT molecular complexity index is 493. The lowest BCUT2D eigenvalue weighted by atomic mass is 9.81.